The fourth-order valence-corrected chi connectivity index (χ4v) is 1.56. The first kappa shape index (κ1) is 12.5. The van der Waals surface area contributed by atoms with Gasteiger partial charge in [-0.25, -0.2) is 0 Å². The highest BCUT2D eigenvalue weighted by molar-refractivity contribution is 9.10. The van der Waals surface area contributed by atoms with Crippen molar-refractivity contribution in [1.82, 2.24) is 0 Å². The number of halogens is 2. The lowest BCUT2D eigenvalue weighted by atomic mass is 10.0. The van der Waals surface area contributed by atoms with Crippen molar-refractivity contribution in [2.24, 2.45) is 0 Å². The van der Waals surface area contributed by atoms with Crippen molar-refractivity contribution in [2.45, 2.75) is 18.6 Å². The van der Waals surface area contributed by atoms with Crippen molar-refractivity contribution in [3.63, 3.8) is 0 Å². The van der Waals surface area contributed by atoms with E-state index in [1.54, 1.807) is 24.3 Å². The van der Waals surface area contributed by atoms with E-state index in [-0.39, 0.29) is 6.42 Å². The summed E-state index contributed by atoms with van der Waals surface area (Å²) in [7, 11) is 0. The molecule has 5 heteroatoms. The molecule has 3 nitrogen and oxygen atoms in total. The second-order valence-electron chi connectivity index (χ2n) is 3.05. The Balaban J connectivity index is 2.87. The summed E-state index contributed by atoms with van der Waals surface area (Å²) in [6, 6.07) is 6.66. The summed E-state index contributed by atoms with van der Waals surface area (Å²) in [5.41, 5.74) is 0.492. The normalized spacial score (nSPS) is 14.3. The van der Waals surface area contributed by atoms with Crippen LogP contribution in [0.3, 0.4) is 0 Å². The molecular weight excluding hydrogens is 281 g/mol. The van der Waals surface area contributed by atoms with Crippen molar-refractivity contribution in [3.8, 4) is 6.07 Å². The first-order chi connectivity index (χ1) is 7.06. The van der Waals surface area contributed by atoms with Gasteiger partial charge in [0.2, 0.25) is 0 Å². The van der Waals surface area contributed by atoms with E-state index < -0.39 is 12.2 Å². The van der Waals surface area contributed by atoms with Gasteiger partial charge in [0.25, 0.3) is 0 Å². The number of benzene rings is 1. The maximum Gasteiger partial charge on any atom is 0.106 e. The zero-order chi connectivity index (χ0) is 11.4. The predicted molar refractivity (Wildman–Crippen MR) is 60.3 cm³/mol. The topological polar surface area (TPSA) is 64.2 Å². The highest BCUT2D eigenvalue weighted by atomic mass is 79.9. The Labute approximate surface area is 101 Å². The quantitative estimate of drug-likeness (QED) is 0.898. The number of hydrogen-bond donors (Lipinski definition) is 2. The molecule has 0 aliphatic carbocycles. The van der Waals surface area contributed by atoms with E-state index in [0.29, 0.717) is 10.6 Å². The summed E-state index contributed by atoms with van der Waals surface area (Å²) in [4.78, 5) is 0. The smallest absolute Gasteiger partial charge is 0.106 e. The molecule has 2 unspecified atom stereocenters. The molecule has 1 aromatic carbocycles. The summed E-state index contributed by atoms with van der Waals surface area (Å²) in [6.45, 7) is 0. The predicted octanol–water partition coefficient (Wildman–Crippen LogP) is 2.41. The molecule has 0 radical (unpaired) electrons. The summed E-state index contributed by atoms with van der Waals surface area (Å²) in [5, 5.41) is 27.9. The lowest BCUT2D eigenvalue weighted by molar-refractivity contribution is 0.0216. The van der Waals surface area contributed by atoms with Crippen LogP contribution in [0, 0.1) is 11.3 Å². The van der Waals surface area contributed by atoms with E-state index in [1.165, 1.54) is 0 Å². The van der Waals surface area contributed by atoms with Crippen molar-refractivity contribution in [2.75, 3.05) is 0 Å². The van der Waals surface area contributed by atoms with Gasteiger partial charge in [-0.05, 0) is 33.6 Å². The third-order valence-corrected chi connectivity index (χ3v) is 3.18. The van der Waals surface area contributed by atoms with E-state index in [1.807, 2.05) is 0 Å². The summed E-state index contributed by atoms with van der Waals surface area (Å²) in [6.07, 6.45) is -2.29. The van der Waals surface area contributed by atoms with E-state index in [4.69, 9.17) is 16.9 Å². The summed E-state index contributed by atoms with van der Waals surface area (Å²) >= 11 is 9.05. The van der Waals surface area contributed by atoms with Crippen LogP contribution in [-0.4, -0.2) is 16.3 Å². The lowest BCUT2D eigenvalue weighted by Gasteiger charge is -2.15. The van der Waals surface area contributed by atoms with Crippen LogP contribution in [0.25, 0.3) is 0 Å². The third-order valence-electron chi connectivity index (χ3n) is 1.95. The first-order valence-electron chi connectivity index (χ1n) is 4.24. The van der Waals surface area contributed by atoms with Gasteiger partial charge in [0.15, 0.2) is 0 Å². The van der Waals surface area contributed by atoms with Crippen LogP contribution < -0.4 is 0 Å². The van der Waals surface area contributed by atoms with E-state index in [2.05, 4.69) is 15.9 Å². The van der Waals surface area contributed by atoms with Crippen molar-refractivity contribution in [3.05, 3.63) is 33.3 Å². The Bertz CT molecular complexity index is 391. The standard InChI is InChI=1S/C10H9BrClNO2/c11-7-2-1-6(5-8(7)12)10(15)9(14)3-4-13/h1-2,5,9-10,14-15H,3H2. The fourth-order valence-electron chi connectivity index (χ4n) is 1.12. The molecule has 2 N–H and O–H groups in total. The summed E-state index contributed by atoms with van der Waals surface area (Å²) in [5.74, 6) is 0. The Morgan fingerprint density at radius 2 is 2.13 bits per heavy atom. The zero-order valence-corrected chi connectivity index (χ0v) is 10.0. The molecule has 0 bridgehead atoms. The average Bonchev–Trinajstić information content (AvgIpc) is 2.21. The van der Waals surface area contributed by atoms with Gasteiger partial charge >= 0.3 is 0 Å². The molecule has 0 aromatic heterocycles. The average molecular weight is 291 g/mol. The molecule has 1 rings (SSSR count). The monoisotopic (exact) mass is 289 g/mol. The van der Waals surface area contributed by atoms with Crippen LogP contribution in [0.5, 0.6) is 0 Å². The molecule has 0 aliphatic rings. The van der Waals surface area contributed by atoms with Gasteiger partial charge in [-0.1, -0.05) is 17.7 Å². The van der Waals surface area contributed by atoms with Gasteiger partial charge < -0.3 is 10.2 Å². The van der Waals surface area contributed by atoms with Crippen LogP contribution in [-0.2, 0) is 0 Å². The molecule has 0 aliphatic heterocycles. The molecule has 1 aromatic rings. The second-order valence-corrected chi connectivity index (χ2v) is 4.31. The van der Waals surface area contributed by atoms with E-state index in [9.17, 15) is 10.2 Å². The third kappa shape index (κ3) is 3.18. The van der Waals surface area contributed by atoms with E-state index >= 15 is 0 Å². The largest absolute Gasteiger partial charge is 0.389 e. The van der Waals surface area contributed by atoms with Crippen LogP contribution in [0.4, 0.5) is 0 Å². The molecule has 2 atom stereocenters. The maximum atomic E-state index is 9.66. The van der Waals surface area contributed by atoms with Crippen LogP contribution >= 0.6 is 27.5 Å². The summed E-state index contributed by atoms with van der Waals surface area (Å²) < 4.78 is 0.717. The van der Waals surface area contributed by atoms with Gasteiger partial charge in [0, 0.05) is 4.47 Å². The van der Waals surface area contributed by atoms with Crippen LogP contribution in [0.1, 0.15) is 18.1 Å². The molecule has 0 amide bonds. The van der Waals surface area contributed by atoms with Crippen molar-refractivity contribution in [1.29, 1.82) is 5.26 Å². The molecule has 0 fully saturated rings. The van der Waals surface area contributed by atoms with Crippen molar-refractivity contribution < 1.29 is 10.2 Å². The second kappa shape index (κ2) is 5.47. The molecule has 15 heavy (non-hydrogen) atoms. The maximum absolute atomic E-state index is 9.66. The Kier molecular flexibility index (Phi) is 4.55. The minimum atomic E-state index is -1.09. The Hall–Kier alpha value is -0.600. The fraction of sp³-hybridized carbons (Fsp3) is 0.300. The van der Waals surface area contributed by atoms with E-state index in [0.717, 1.165) is 4.47 Å². The SMILES string of the molecule is N#CCC(O)C(O)c1ccc(Br)c(Cl)c1. The minimum Gasteiger partial charge on any atom is -0.389 e. The van der Waals surface area contributed by atoms with Crippen LogP contribution in [0.2, 0.25) is 5.02 Å². The Morgan fingerprint density at radius 3 is 2.67 bits per heavy atom. The number of rotatable bonds is 3. The van der Waals surface area contributed by atoms with Gasteiger partial charge in [-0.2, -0.15) is 5.26 Å². The Morgan fingerprint density at radius 1 is 1.47 bits per heavy atom. The van der Waals surface area contributed by atoms with Gasteiger partial charge in [-0.3, -0.25) is 0 Å². The number of aliphatic hydroxyl groups excluding tert-OH is 2. The number of nitriles is 1. The molecule has 80 valence electrons. The zero-order valence-electron chi connectivity index (χ0n) is 7.69. The molecule has 0 spiro atoms. The highest BCUT2D eigenvalue weighted by Crippen LogP contribution is 2.27. The van der Waals surface area contributed by atoms with Crippen LogP contribution in [0.15, 0.2) is 22.7 Å². The number of hydrogen-bond acceptors (Lipinski definition) is 3. The first-order valence-corrected chi connectivity index (χ1v) is 5.41. The molecular formula is C10H9BrClNO2. The number of aliphatic hydroxyl groups is 2. The highest BCUT2D eigenvalue weighted by Gasteiger charge is 2.18. The molecule has 0 heterocycles. The molecule has 0 saturated carbocycles. The van der Waals surface area contributed by atoms with Gasteiger partial charge in [-0.15, -0.1) is 0 Å². The minimum absolute atomic E-state index is 0.116. The molecule has 0 saturated heterocycles. The lowest BCUT2D eigenvalue weighted by Crippen LogP contribution is -2.17. The van der Waals surface area contributed by atoms with Crippen molar-refractivity contribution >= 4 is 27.5 Å². The van der Waals surface area contributed by atoms with Gasteiger partial charge in [0.1, 0.15) is 6.10 Å². The van der Waals surface area contributed by atoms with Gasteiger partial charge in [0.05, 0.1) is 23.6 Å². The number of nitrogens with zero attached hydrogens (tertiary/aromatic N) is 1.